The van der Waals surface area contributed by atoms with Crippen molar-refractivity contribution in [2.45, 2.75) is 33.1 Å². The maximum atomic E-state index is 4.82. The molecule has 0 bridgehead atoms. The molecule has 0 aliphatic rings. The number of hydrogen-bond donors (Lipinski definition) is 0. The first-order valence-electron chi connectivity index (χ1n) is 7.22. The lowest BCUT2D eigenvalue weighted by Crippen LogP contribution is -2.11. The van der Waals surface area contributed by atoms with E-state index in [0.29, 0.717) is 0 Å². The Morgan fingerprint density at radius 2 is 1.61 bits per heavy atom. The van der Waals surface area contributed by atoms with Gasteiger partial charge in [0, 0.05) is 13.0 Å². The van der Waals surface area contributed by atoms with E-state index in [2.05, 4.69) is 91.5 Å². The fourth-order valence-corrected chi connectivity index (χ4v) is 1.94. The summed E-state index contributed by atoms with van der Waals surface area (Å²) in [6.07, 6.45) is 6.71. The Hall–Kier alpha value is -3.13. The van der Waals surface area contributed by atoms with Crippen LogP contribution in [0, 0.1) is 47.9 Å². The van der Waals surface area contributed by atoms with Crippen molar-refractivity contribution in [1.29, 1.82) is 0 Å². The quantitative estimate of drug-likeness (QED) is 0.656. The van der Waals surface area contributed by atoms with Crippen LogP contribution in [0.1, 0.15) is 34.7 Å². The van der Waals surface area contributed by atoms with E-state index in [1.807, 2.05) is 12.3 Å². The summed E-state index contributed by atoms with van der Waals surface area (Å²) in [7, 11) is 0. The van der Waals surface area contributed by atoms with Gasteiger partial charge in [0.2, 0.25) is 0 Å². The third-order valence-electron chi connectivity index (χ3n) is 2.90. The standard InChI is InChI=1S/C13H15N.C9H4.H2/c1-13(2,3)11-8-9-14-12-7-5-4-6-10(11)12;1-3-5-7-9-8-6-4-2;/h4-9H,1-3H3;1H,2H3;1H. The molecule has 0 spiro atoms. The Morgan fingerprint density at radius 1 is 0.957 bits per heavy atom. The van der Waals surface area contributed by atoms with Gasteiger partial charge in [0.15, 0.2) is 0 Å². The summed E-state index contributed by atoms with van der Waals surface area (Å²) in [5.74, 6) is 17.0. The topological polar surface area (TPSA) is 12.9 Å². The van der Waals surface area contributed by atoms with Gasteiger partial charge in [-0.1, -0.05) is 44.9 Å². The van der Waals surface area contributed by atoms with E-state index in [-0.39, 0.29) is 6.84 Å². The zero-order chi connectivity index (χ0) is 17.1. The minimum atomic E-state index is 0. The number of nitrogens with zero attached hydrogens (tertiary/aromatic N) is 1. The van der Waals surface area contributed by atoms with E-state index >= 15 is 0 Å². The van der Waals surface area contributed by atoms with E-state index in [0.717, 1.165) is 5.52 Å². The highest BCUT2D eigenvalue weighted by Crippen LogP contribution is 2.28. The second-order valence-corrected chi connectivity index (χ2v) is 5.64. The first-order chi connectivity index (χ1) is 11.0. The fourth-order valence-electron chi connectivity index (χ4n) is 1.94. The van der Waals surface area contributed by atoms with Gasteiger partial charge in [0.1, 0.15) is 0 Å². The number of aromatic nitrogens is 1. The molecule has 1 aromatic heterocycles. The van der Waals surface area contributed by atoms with Crippen molar-refractivity contribution in [3.05, 3.63) is 42.1 Å². The number of para-hydroxylation sites is 1. The molecular weight excluding hydrogens is 278 g/mol. The fraction of sp³-hybridized carbons (Fsp3) is 0.227. The Kier molecular flexibility index (Phi) is 7.02. The molecule has 1 heteroatoms. The summed E-state index contributed by atoms with van der Waals surface area (Å²) in [6.45, 7) is 8.40. The van der Waals surface area contributed by atoms with Crippen molar-refractivity contribution in [3.63, 3.8) is 0 Å². The maximum Gasteiger partial charge on any atom is 0.0704 e. The molecule has 0 saturated carbocycles. The summed E-state index contributed by atoms with van der Waals surface area (Å²) in [6, 6.07) is 10.4. The van der Waals surface area contributed by atoms with Crippen LogP contribution in [0.25, 0.3) is 10.9 Å². The van der Waals surface area contributed by atoms with Crippen LogP contribution in [0.3, 0.4) is 0 Å². The molecule has 0 saturated heterocycles. The van der Waals surface area contributed by atoms with Crippen LogP contribution in [0.2, 0.25) is 0 Å². The minimum absolute atomic E-state index is 0. The molecule has 114 valence electrons. The zero-order valence-corrected chi connectivity index (χ0v) is 14.0. The van der Waals surface area contributed by atoms with Gasteiger partial charge in [-0.15, -0.1) is 6.42 Å². The number of hydrogen-bond acceptors (Lipinski definition) is 1. The van der Waals surface area contributed by atoms with Gasteiger partial charge in [-0.3, -0.25) is 4.98 Å². The van der Waals surface area contributed by atoms with Crippen molar-refractivity contribution in [2.24, 2.45) is 0 Å². The second-order valence-electron chi connectivity index (χ2n) is 5.64. The molecule has 0 unspecified atom stereocenters. The molecule has 2 aromatic rings. The van der Waals surface area contributed by atoms with Crippen molar-refractivity contribution < 1.29 is 1.43 Å². The number of fused-ring (bicyclic) bond motifs is 1. The Bertz CT molecular complexity index is 887. The lowest BCUT2D eigenvalue weighted by molar-refractivity contribution is 0.595. The molecule has 0 aliphatic carbocycles. The number of benzene rings is 1. The molecule has 23 heavy (non-hydrogen) atoms. The van der Waals surface area contributed by atoms with Gasteiger partial charge in [-0.2, -0.15) is 0 Å². The zero-order valence-electron chi connectivity index (χ0n) is 14.0. The van der Waals surface area contributed by atoms with Crippen molar-refractivity contribution in [3.8, 4) is 47.9 Å². The lowest BCUT2D eigenvalue weighted by atomic mass is 9.85. The summed E-state index contributed by atoms with van der Waals surface area (Å²) in [5.41, 5.74) is 2.63. The molecule has 1 nitrogen and oxygen atoms in total. The first-order valence-corrected chi connectivity index (χ1v) is 7.22. The Balaban J connectivity index is 0.000000468. The Labute approximate surface area is 141 Å². The van der Waals surface area contributed by atoms with Gasteiger partial charge in [0.05, 0.1) is 5.52 Å². The largest absolute Gasteiger partial charge is 0.256 e. The predicted molar refractivity (Wildman–Crippen MR) is 100 cm³/mol. The third kappa shape index (κ3) is 6.02. The first kappa shape index (κ1) is 17.9. The number of pyridine rings is 1. The second kappa shape index (κ2) is 9.00. The molecule has 0 aliphatic heterocycles. The SMILES string of the molecule is C#CC#CC#CC#CC.CC(C)(C)c1ccnc2ccccc12.[HH]. The molecule has 0 radical (unpaired) electrons. The van der Waals surface area contributed by atoms with Crippen molar-refractivity contribution in [1.82, 2.24) is 4.98 Å². The smallest absolute Gasteiger partial charge is 0.0704 e. The van der Waals surface area contributed by atoms with Crippen LogP contribution in [-0.4, -0.2) is 4.98 Å². The van der Waals surface area contributed by atoms with E-state index in [1.54, 1.807) is 6.92 Å². The van der Waals surface area contributed by atoms with E-state index in [4.69, 9.17) is 6.42 Å². The molecule has 0 amide bonds. The number of rotatable bonds is 0. The summed E-state index contributed by atoms with van der Waals surface area (Å²) < 4.78 is 0. The van der Waals surface area contributed by atoms with E-state index < -0.39 is 0 Å². The van der Waals surface area contributed by atoms with Crippen LogP contribution in [0.4, 0.5) is 0 Å². The summed E-state index contributed by atoms with van der Waals surface area (Å²) in [4.78, 5) is 4.36. The van der Waals surface area contributed by atoms with Crippen molar-refractivity contribution in [2.75, 3.05) is 0 Å². The molecule has 0 fully saturated rings. The molecule has 2 rings (SSSR count). The minimum Gasteiger partial charge on any atom is -0.256 e. The van der Waals surface area contributed by atoms with Crippen LogP contribution in [0.15, 0.2) is 36.5 Å². The van der Waals surface area contributed by atoms with Crippen LogP contribution >= 0.6 is 0 Å². The number of terminal acetylenes is 1. The molecule has 1 heterocycles. The molecule has 1 aromatic carbocycles. The average Bonchev–Trinajstić information content (AvgIpc) is 2.54. The average molecular weight is 299 g/mol. The molecular formula is C22H21N. The van der Waals surface area contributed by atoms with E-state index in [1.165, 1.54) is 10.9 Å². The van der Waals surface area contributed by atoms with Crippen molar-refractivity contribution >= 4 is 10.9 Å². The maximum absolute atomic E-state index is 4.82. The van der Waals surface area contributed by atoms with Gasteiger partial charge in [-0.25, -0.2) is 0 Å². The van der Waals surface area contributed by atoms with Crippen LogP contribution in [-0.2, 0) is 5.41 Å². The van der Waals surface area contributed by atoms with Gasteiger partial charge >= 0.3 is 0 Å². The monoisotopic (exact) mass is 299 g/mol. The molecule has 0 atom stereocenters. The highest BCUT2D eigenvalue weighted by molar-refractivity contribution is 5.82. The summed E-state index contributed by atoms with van der Waals surface area (Å²) >= 11 is 0. The lowest BCUT2D eigenvalue weighted by Gasteiger charge is -2.20. The van der Waals surface area contributed by atoms with Gasteiger partial charge < -0.3 is 0 Å². The van der Waals surface area contributed by atoms with E-state index in [9.17, 15) is 0 Å². The summed E-state index contributed by atoms with van der Waals surface area (Å²) in [5, 5.41) is 1.27. The highest BCUT2D eigenvalue weighted by Gasteiger charge is 2.16. The van der Waals surface area contributed by atoms with Gasteiger partial charge in [0.25, 0.3) is 0 Å². The normalized spacial score (nSPS) is 8.65. The Morgan fingerprint density at radius 3 is 2.26 bits per heavy atom. The molecule has 0 N–H and O–H groups in total. The predicted octanol–water partition coefficient (Wildman–Crippen LogP) is 4.43. The highest BCUT2D eigenvalue weighted by atomic mass is 14.6. The third-order valence-corrected chi connectivity index (χ3v) is 2.90. The van der Waals surface area contributed by atoms with Crippen LogP contribution < -0.4 is 0 Å². The van der Waals surface area contributed by atoms with Crippen LogP contribution in [0.5, 0.6) is 0 Å². The van der Waals surface area contributed by atoms with Gasteiger partial charge in [-0.05, 0) is 65.6 Å².